The van der Waals surface area contributed by atoms with Gasteiger partial charge in [0.2, 0.25) is 0 Å². The molecule has 6 heteroatoms. The van der Waals surface area contributed by atoms with Crippen molar-refractivity contribution in [3.8, 4) is 5.75 Å². The van der Waals surface area contributed by atoms with Crippen LogP contribution in [0.5, 0.6) is 5.75 Å². The van der Waals surface area contributed by atoms with Crippen LogP contribution >= 0.6 is 0 Å². The number of hydrogen-bond donors (Lipinski definition) is 3. The fourth-order valence-corrected chi connectivity index (χ4v) is 1.47. The molecule has 0 aliphatic rings. The SMILES string of the molecule is CCCOc1ccc(NC(=O)NCCCC(=O)O)cc1. The summed E-state index contributed by atoms with van der Waals surface area (Å²) in [6, 6.07) is 6.73. The van der Waals surface area contributed by atoms with E-state index in [2.05, 4.69) is 10.6 Å². The minimum Gasteiger partial charge on any atom is -0.494 e. The summed E-state index contributed by atoms with van der Waals surface area (Å²) < 4.78 is 5.43. The zero-order chi connectivity index (χ0) is 14.8. The van der Waals surface area contributed by atoms with Gasteiger partial charge in [-0.15, -0.1) is 0 Å². The van der Waals surface area contributed by atoms with E-state index in [9.17, 15) is 9.59 Å². The number of carbonyl (C=O) groups is 2. The van der Waals surface area contributed by atoms with E-state index in [1.165, 1.54) is 0 Å². The predicted molar refractivity (Wildman–Crippen MR) is 76.1 cm³/mol. The van der Waals surface area contributed by atoms with Gasteiger partial charge in [0.05, 0.1) is 6.61 Å². The van der Waals surface area contributed by atoms with E-state index in [0.717, 1.165) is 12.2 Å². The van der Waals surface area contributed by atoms with Gasteiger partial charge in [-0.1, -0.05) is 6.92 Å². The molecule has 0 saturated heterocycles. The van der Waals surface area contributed by atoms with E-state index in [1.807, 2.05) is 6.92 Å². The lowest BCUT2D eigenvalue weighted by molar-refractivity contribution is -0.137. The highest BCUT2D eigenvalue weighted by atomic mass is 16.5. The van der Waals surface area contributed by atoms with Gasteiger partial charge in [-0.3, -0.25) is 4.79 Å². The van der Waals surface area contributed by atoms with E-state index < -0.39 is 5.97 Å². The number of hydrogen-bond acceptors (Lipinski definition) is 3. The summed E-state index contributed by atoms with van der Waals surface area (Å²) in [7, 11) is 0. The van der Waals surface area contributed by atoms with Crippen LogP contribution in [0.1, 0.15) is 26.2 Å². The molecule has 0 saturated carbocycles. The summed E-state index contributed by atoms with van der Waals surface area (Å²) in [6.45, 7) is 3.03. The maximum absolute atomic E-state index is 11.5. The second-order valence-electron chi connectivity index (χ2n) is 4.25. The first-order chi connectivity index (χ1) is 9.61. The molecule has 0 radical (unpaired) electrons. The van der Waals surface area contributed by atoms with Crippen LogP contribution in [0.15, 0.2) is 24.3 Å². The van der Waals surface area contributed by atoms with Crippen molar-refractivity contribution in [2.75, 3.05) is 18.5 Å². The van der Waals surface area contributed by atoms with Crippen molar-refractivity contribution in [2.45, 2.75) is 26.2 Å². The molecule has 6 nitrogen and oxygen atoms in total. The molecule has 20 heavy (non-hydrogen) atoms. The highest BCUT2D eigenvalue weighted by Gasteiger charge is 2.02. The number of carboxylic acids is 1. The van der Waals surface area contributed by atoms with Gasteiger partial charge in [0.1, 0.15) is 5.75 Å². The maximum atomic E-state index is 11.5. The highest BCUT2D eigenvalue weighted by Crippen LogP contribution is 2.15. The number of anilines is 1. The first kappa shape index (κ1) is 15.8. The van der Waals surface area contributed by atoms with E-state index in [-0.39, 0.29) is 12.5 Å². The molecule has 1 rings (SSSR count). The Morgan fingerprint density at radius 2 is 1.95 bits per heavy atom. The lowest BCUT2D eigenvalue weighted by atomic mass is 10.3. The van der Waals surface area contributed by atoms with E-state index in [1.54, 1.807) is 24.3 Å². The number of benzene rings is 1. The third kappa shape index (κ3) is 6.63. The Labute approximate surface area is 118 Å². The highest BCUT2D eigenvalue weighted by molar-refractivity contribution is 5.89. The smallest absolute Gasteiger partial charge is 0.319 e. The predicted octanol–water partition coefficient (Wildman–Crippen LogP) is 2.46. The number of aliphatic carboxylic acids is 1. The molecule has 0 unspecified atom stereocenters. The largest absolute Gasteiger partial charge is 0.494 e. The molecule has 0 heterocycles. The molecular weight excluding hydrogens is 260 g/mol. The van der Waals surface area contributed by atoms with Crippen molar-refractivity contribution in [3.63, 3.8) is 0 Å². The van der Waals surface area contributed by atoms with Gasteiger partial charge in [0.25, 0.3) is 0 Å². The average molecular weight is 280 g/mol. The van der Waals surface area contributed by atoms with Gasteiger partial charge in [0.15, 0.2) is 0 Å². The number of carbonyl (C=O) groups excluding carboxylic acids is 1. The second-order valence-corrected chi connectivity index (χ2v) is 4.25. The number of amides is 2. The Kier molecular flexibility index (Phi) is 6.95. The molecule has 0 aromatic heterocycles. The summed E-state index contributed by atoms with van der Waals surface area (Å²) in [5, 5.41) is 13.7. The number of ether oxygens (including phenoxy) is 1. The van der Waals surface area contributed by atoms with Crippen LogP contribution in [-0.4, -0.2) is 30.3 Å². The summed E-state index contributed by atoms with van der Waals surface area (Å²) in [6.07, 6.45) is 1.40. The second kappa shape index (κ2) is 8.79. The summed E-state index contributed by atoms with van der Waals surface area (Å²) in [5.74, 6) is -0.103. The first-order valence-electron chi connectivity index (χ1n) is 6.61. The molecule has 0 atom stereocenters. The van der Waals surface area contributed by atoms with Gasteiger partial charge < -0.3 is 20.5 Å². The molecule has 0 bridgehead atoms. The Morgan fingerprint density at radius 1 is 1.25 bits per heavy atom. The molecule has 0 aliphatic heterocycles. The Morgan fingerprint density at radius 3 is 2.55 bits per heavy atom. The number of rotatable bonds is 8. The quantitative estimate of drug-likeness (QED) is 0.638. The minimum atomic E-state index is -0.866. The topological polar surface area (TPSA) is 87.7 Å². The van der Waals surface area contributed by atoms with Crippen LogP contribution in [0.3, 0.4) is 0 Å². The Balaban J connectivity index is 2.29. The fourth-order valence-electron chi connectivity index (χ4n) is 1.47. The molecule has 2 amide bonds. The van der Waals surface area contributed by atoms with Gasteiger partial charge in [-0.05, 0) is 37.1 Å². The monoisotopic (exact) mass is 280 g/mol. The van der Waals surface area contributed by atoms with Gasteiger partial charge in [0, 0.05) is 18.7 Å². The molecule has 1 aromatic rings. The van der Waals surface area contributed by atoms with Crippen LogP contribution in [0, 0.1) is 0 Å². The number of nitrogens with one attached hydrogen (secondary N) is 2. The number of urea groups is 1. The van der Waals surface area contributed by atoms with E-state index >= 15 is 0 Å². The zero-order valence-corrected chi connectivity index (χ0v) is 11.5. The molecule has 110 valence electrons. The standard InChI is InChI=1S/C14H20N2O4/c1-2-10-20-12-7-5-11(6-8-12)16-14(19)15-9-3-4-13(17)18/h5-8H,2-4,9-10H2,1H3,(H,17,18)(H2,15,16,19). The van der Waals surface area contributed by atoms with Crippen molar-refractivity contribution >= 4 is 17.7 Å². The normalized spacial score (nSPS) is 9.85. The van der Waals surface area contributed by atoms with Gasteiger partial charge in [-0.25, -0.2) is 4.79 Å². The van der Waals surface area contributed by atoms with Crippen LogP contribution in [0.2, 0.25) is 0 Å². The van der Waals surface area contributed by atoms with Crippen molar-refractivity contribution in [1.29, 1.82) is 0 Å². The van der Waals surface area contributed by atoms with Crippen LogP contribution in [0.4, 0.5) is 10.5 Å². The van der Waals surface area contributed by atoms with Crippen molar-refractivity contribution in [1.82, 2.24) is 5.32 Å². The zero-order valence-electron chi connectivity index (χ0n) is 11.5. The van der Waals surface area contributed by atoms with Gasteiger partial charge in [-0.2, -0.15) is 0 Å². The van der Waals surface area contributed by atoms with Crippen molar-refractivity contribution < 1.29 is 19.4 Å². The molecule has 0 aliphatic carbocycles. The van der Waals surface area contributed by atoms with E-state index in [0.29, 0.717) is 25.3 Å². The van der Waals surface area contributed by atoms with Crippen LogP contribution in [-0.2, 0) is 4.79 Å². The van der Waals surface area contributed by atoms with E-state index in [4.69, 9.17) is 9.84 Å². The summed E-state index contributed by atoms with van der Waals surface area (Å²) in [4.78, 5) is 21.8. The number of carboxylic acid groups (broad SMARTS) is 1. The average Bonchev–Trinajstić information content (AvgIpc) is 2.43. The van der Waals surface area contributed by atoms with Crippen molar-refractivity contribution in [2.24, 2.45) is 0 Å². The lowest BCUT2D eigenvalue weighted by Crippen LogP contribution is -2.29. The molecule has 3 N–H and O–H groups in total. The summed E-state index contributed by atoms with van der Waals surface area (Å²) >= 11 is 0. The fraction of sp³-hybridized carbons (Fsp3) is 0.429. The summed E-state index contributed by atoms with van der Waals surface area (Å²) in [5.41, 5.74) is 0.657. The van der Waals surface area contributed by atoms with Crippen molar-refractivity contribution in [3.05, 3.63) is 24.3 Å². The lowest BCUT2D eigenvalue weighted by Gasteiger charge is -2.08. The van der Waals surface area contributed by atoms with Gasteiger partial charge >= 0.3 is 12.0 Å². The molecule has 1 aromatic carbocycles. The molecule has 0 fully saturated rings. The third-order valence-electron chi connectivity index (χ3n) is 2.44. The first-order valence-corrected chi connectivity index (χ1v) is 6.61. The van der Waals surface area contributed by atoms with Crippen LogP contribution in [0.25, 0.3) is 0 Å². The Bertz CT molecular complexity index is 431. The Hall–Kier alpha value is -2.24. The third-order valence-corrected chi connectivity index (χ3v) is 2.44. The molecular formula is C14H20N2O4. The molecule has 0 spiro atoms. The maximum Gasteiger partial charge on any atom is 0.319 e. The van der Waals surface area contributed by atoms with Crippen LogP contribution < -0.4 is 15.4 Å². The minimum absolute atomic E-state index is 0.0454.